The zero-order valence-corrected chi connectivity index (χ0v) is 13.4. The molecule has 1 aromatic heterocycles. The Bertz CT molecular complexity index is 495. The first-order valence-electron chi connectivity index (χ1n) is 8.57. The Labute approximate surface area is 127 Å². The van der Waals surface area contributed by atoms with Crippen LogP contribution in [0, 0.1) is 0 Å². The molecular formula is C17H27N3O. The van der Waals surface area contributed by atoms with Crippen LogP contribution < -0.4 is 5.32 Å². The monoisotopic (exact) mass is 289 g/mol. The standard InChI is InChI=1S/C17H27N3O/c1-3-18-15-13-9-5-6-10-14(13)19-16(20-15)17(21-4-2)11-7-8-12-17/h3-12H2,1-2H3,(H,18,19,20). The van der Waals surface area contributed by atoms with Gasteiger partial charge in [0.15, 0.2) is 5.82 Å². The van der Waals surface area contributed by atoms with E-state index in [4.69, 9.17) is 14.7 Å². The number of aryl methyl sites for hydroxylation is 1. The minimum atomic E-state index is -0.231. The predicted octanol–water partition coefficient (Wildman–Crippen LogP) is 3.59. The second kappa shape index (κ2) is 6.30. The molecule has 4 nitrogen and oxygen atoms in total. The van der Waals surface area contributed by atoms with Crippen molar-refractivity contribution in [1.29, 1.82) is 0 Å². The molecule has 1 fully saturated rings. The van der Waals surface area contributed by atoms with Gasteiger partial charge in [-0.05, 0) is 65.2 Å². The number of rotatable bonds is 5. The highest BCUT2D eigenvalue weighted by Crippen LogP contribution is 2.41. The van der Waals surface area contributed by atoms with Crippen molar-refractivity contribution >= 4 is 5.82 Å². The van der Waals surface area contributed by atoms with Crippen molar-refractivity contribution < 1.29 is 4.74 Å². The summed E-state index contributed by atoms with van der Waals surface area (Å²) in [5.41, 5.74) is 2.37. The number of hydrogen-bond acceptors (Lipinski definition) is 4. The third-order valence-corrected chi connectivity index (χ3v) is 4.77. The minimum absolute atomic E-state index is 0.231. The molecule has 0 aliphatic heterocycles. The number of anilines is 1. The van der Waals surface area contributed by atoms with E-state index in [0.29, 0.717) is 0 Å². The highest BCUT2D eigenvalue weighted by atomic mass is 16.5. The molecule has 0 saturated heterocycles. The van der Waals surface area contributed by atoms with Crippen molar-refractivity contribution in [1.82, 2.24) is 9.97 Å². The van der Waals surface area contributed by atoms with Crippen molar-refractivity contribution in [2.45, 2.75) is 70.8 Å². The summed E-state index contributed by atoms with van der Waals surface area (Å²) in [6, 6.07) is 0. The van der Waals surface area contributed by atoms with Crippen molar-refractivity contribution in [3.63, 3.8) is 0 Å². The molecular weight excluding hydrogens is 262 g/mol. The lowest BCUT2D eigenvalue weighted by atomic mass is 9.94. The molecule has 0 atom stereocenters. The topological polar surface area (TPSA) is 47.0 Å². The average molecular weight is 289 g/mol. The van der Waals surface area contributed by atoms with Crippen LogP contribution in [0.5, 0.6) is 0 Å². The summed E-state index contributed by atoms with van der Waals surface area (Å²) < 4.78 is 6.15. The number of aromatic nitrogens is 2. The Morgan fingerprint density at radius 2 is 1.81 bits per heavy atom. The van der Waals surface area contributed by atoms with Crippen LogP contribution in [0.25, 0.3) is 0 Å². The van der Waals surface area contributed by atoms with Gasteiger partial charge in [0, 0.05) is 24.4 Å². The number of ether oxygens (including phenoxy) is 1. The summed E-state index contributed by atoms with van der Waals surface area (Å²) in [7, 11) is 0. The lowest BCUT2D eigenvalue weighted by Crippen LogP contribution is -2.30. The van der Waals surface area contributed by atoms with Gasteiger partial charge in [-0.15, -0.1) is 0 Å². The number of fused-ring (bicyclic) bond motifs is 1. The van der Waals surface area contributed by atoms with Gasteiger partial charge in [-0.2, -0.15) is 0 Å². The molecule has 0 bridgehead atoms. The molecule has 2 aliphatic carbocycles. The maximum absolute atomic E-state index is 6.15. The Morgan fingerprint density at radius 3 is 2.52 bits per heavy atom. The highest BCUT2D eigenvalue weighted by molar-refractivity contribution is 5.48. The minimum Gasteiger partial charge on any atom is -0.370 e. The fourth-order valence-corrected chi connectivity index (χ4v) is 3.77. The summed E-state index contributed by atoms with van der Waals surface area (Å²) in [5.74, 6) is 1.99. The zero-order chi connectivity index (χ0) is 14.7. The van der Waals surface area contributed by atoms with Crippen LogP contribution in [0.4, 0.5) is 5.82 Å². The Hall–Kier alpha value is -1.16. The fraction of sp³-hybridized carbons (Fsp3) is 0.765. The van der Waals surface area contributed by atoms with Crippen molar-refractivity contribution in [3.05, 3.63) is 17.1 Å². The first-order chi connectivity index (χ1) is 10.3. The van der Waals surface area contributed by atoms with E-state index < -0.39 is 0 Å². The third-order valence-electron chi connectivity index (χ3n) is 4.77. The lowest BCUT2D eigenvalue weighted by Gasteiger charge is -2.29. The molecule has 1 N–H and O–H groups in total. The van der Waals surface area contributed by atoms with Gasteiger partial charge in [-0.1, -0.05) is 0 Å². The maximum Gasteiger partial charge on any atom is 0.162 e. The molecule has 0 unspecified atom stereocenters. The first kappa shape index (κ1) is 14.8. The zero-order valence-electron chi connectivity index (χ0n) is 13.4. The lowest BCUT2D eigenvalue weighted by molar-refractivity contribution is -0.0458. The van der Waals surface area contributed by atoms with Crippen LogP contribution in [0.15, 0.2) is 0 Å². The van der Waals surface area contributed by atoms with E-state index in [1.54, 1.807) is 0 Å². The molecule has 2 aliphatic rings. The van der Waals surface area contributed by atoms with E-state index in [1.165, 1.54) is 36.9 Å². The van der Waals surface area contributed by atoms with E-state index in [2.05, 4.69) is 19.2 Å². The summed E-state index contributed by atoms with van der Waals surface area (Å²) in [5, 5.41) is 3.45. The quantitative estimate of drug-likeness (QED) is 0.900. The van der Waals surface area contributed by atoms with Gasteiger partial charge in [0.1, 0.15) is 11.4 Å². The summed E-state index contributed by atoms with van der Waals surface area (Å²) in [4.78, 5) is 9.85. The molecule has 0 aromatic carbocycles. The third kappa shape index (κ3) is 2.78. The predicted molar refractivity (Wildman–Crippen MR) is 84.6 cm³/mol. The van der Waals surface area contributed by atoms with Crippen LogP contribution >= 0.6 is 0 Å². The van der Waals surface area contributed by atoms with E-state index >= 15 is 0 Å². The molecule has 21 heavy (non-hydrogen) atoms. The first-order valence-corrected chi connectivity index (χ1v) is 8.57. The van der Waals surface area contributed by atoms with Crippen LogP contribution in [0.1, 0.15) is 69.5 Å². The summed E-state index contributed by atoms with van der Waals surface area (Å²) in [6.45, 7) is 5.84. The Morgan fingerprint density at radius 1 is 1.05 bits per heavy atom. The normalized spacial score (nSPS) is 20.3. The molecule has 4 heteroatoms. The van der Waals surface area contributed by atoms with E-state index in [1.807, 2.05) is 0 Å². The number of hydrogen-bond donors (Lipinski definition) is 1. The van der Waals surface area contributed by atoms with Crippen LogP contribution in [-0.2, 0) is 23.2 Å². The van der Waals surface area contributed by atoms with Crippen LogP contribution in [0.3, 0.4) is 0 Å². The molecule has 1 aromatic rings. The fourth-order valence-electron chi connectivity index (χ4n) is 3.77. The van der Waals surface area contributed by atoms with Crippen LogP contribution in [-0.4, -0.2) is 23.1 Å². The number of nitrogens with one attached hydrogen (secondary N) is 1. The average Bonchev–Trinajstić information content (AvgIpc) is 2.98. The second-order valence-electron chi connectivity index (χ2n) is 6.19. The molecule has 3 rings (SSSR count). The summed E-state index contributed by atoms with van der Waals surface area (Å²) >= 11 is 0. The van der Waals surface area contributed by atoms with Crippen LogP contribution in [0.2, 0.25) is 0 Å². The molecule has 0 amide bonds. The SMILES string of the molecule is CCNc1nc(C2(OCC)CCCC2)nc2c1CCCC2. The molecule has 0 spiro atoms. The van der Waals surface area contributed by atoms with Gasteiger partial charge in [0.2, 0.25) is 0 Å². The van der Waals surface area contributed by atoms with Gasteiger partial charge in [0.25, 0.3) is 0 Å². The smallest absolute Gasteiger partial charge is 0.162 e. The van der Waals surface area contributed by atoms with Crippen molar-refractivity contribution in [3.8, 4) is 0 Å². The number of nitrogens with zero attached hydrogens (tertiary/aromatic N) is 2. The molecule has 1 saturated carbocycles. The highest BCUT2D eigenvalue weighted by Gasteiger charge is 2.40. The van der Waals surface area contributed by atoms with Crippen molar-refractivity contribution in [2.24, 2.45) is 0 Å². The largest absolute Gasteiger partial charge is 0.370 e. The van der Waals surface area contributed by atoms with Gasteiger partial charge in [-0.25, -0.2) is 9.97 Å². The summed E-state index contributed by atoms with van der Waals surface area (Å²) in [6.07, 6.45) is 9.26. The van der Waals surface area contributed by atoms with Gasteiger partial charge in [-0.3, -0.25) is 0 Å². The molecule has 1 heterocycles. The van der Waals surface area contributed by atoms with Gasteiger partial charge in [0.05, 0.1) is 0 Å². The Balaban J connectivity index is 2.03. The van der Waals surface area contributed by atoms with Gasteiger partial charge < -0.3 is 10.1 Å². The van der Waals surface area contributed by atoms with E-state index in [0.717, 1.165) is 50.5 Å². The van der Waals surface area contributed by atoms with Crippen molar-refractivity contribution in [2.75, 3.05) is 18.5 Å². The second-order valence-corrected chi connectivity index (χ2v) is 6.19. The van der Waals surface area contributed by atoms with E-state index in [-0.39, 0.29) is 5.60 Å². The molecule has 0 radical (unpaired) electrons. The van der Waals surface area contributed by atoms with Gasteiger partial charge >= 0.3 is 0 Å². The molecule has 116 valence electrons. The Kier molecular flexibility index (Phi) is 4.43. The van der Waals surface area contributed by atoms with E-state index in [9.17, 15) is 0 Å². The maximum atomic E-state index is 6.15.